The highest BCUT2D eigenvalue weighted by molar-refractivity contribution is 5.84. The van der Waals surface area contributed by atoms with Gasteiger partial charge in [-0.2, -0.15) is 13.2 Å². The second kappa shape index (κ2) is 4.61. The van der Waals surface area contributed by atoms with Crippen molar-refractivity contribution in [2.75, 3.05) is 0 Å². The van der Waals surface area contributed by atoms with Gasteiger partial charge in [-0.05, 0) is 32.6 Å². The van der Waals surface area contributed by atoms with E-state index in [9.17, 15) is 18.0 Å². The highest BCUT2D eigenvalue weighted by atomic mass is 19.4. The SMILES string of the molecule is CC(CCCC(F)(F)F)(NC1CC1)C(N)=O. The number of carbonyl (C=O) groups is 1. The molecule has 1 aliphatic carbocycles. The van der Waals surface area contributed by atoms with E-state index in [2.05, 4.69) is 5.32 Å². The van der Waals surface area contributed by atoms with Crippen LogP contribution in [0.3, 0.4) is 0 Å². The van der Waals surface area contributed by atoms with E-state index >= 15 is 0 Å². The molecule has 1 aliphatic rings. The lowest BCUT2D eigenvalue weighted by atomic mass is 9.93. The zero-order chi connectivity index (χ0) is 12.4. The third-order valence-electron chi connectivity index (χ3n) is 2.78. The summed E-state index contributed by atoms with van der Waals surface area (Å²) >= 11 is 0. The minimum atomic E-state index is -4.17. The van der Waals surface area contributed by atoms with Gasteiger partial charge in [0, 0.05) is 12.5 Å². The Hall–Kier alpha value is -0.780. The van der Waals surface area contributed by atoms with Crippen molar-refractivity contribution in [1.82, 2.24) is 5.32 Å². The van der Waals surface area contributed by atoms with E-state index in [1.54, 1.807) is 6.92 Å². The van der Waals surface area contributed by atoms with Gasteiger partial charge in [-0.25, -0.2) is 0 Å². The molecule has 0 aromatic heterocycles. The molecule has 3 nitrogen and oxygen atoms in total. The first-order chi connectivity index (χ1) is 7.23. The molecular weight excluding hydrogens is 221 g/mol. The third-order valence-corrected chi connectivity index (χ3v) is 2.78. The van der Waals surface area contributed by atoms with Gasteiger partial charge in [0.2, 0.25) is 5.91 Å². The first kappa shape index (κ1) is 13.3. The largest absolute Gasteiger partial charge is 0.389 e. The number of hydrogen-bond acceptors (Lipinski definition) is 2. The molecule has 1 atom stereocenters. The Kier molecular flexibility index (Phi) is 3.83. The van der Waals surface area contributed by atoms with Crippen LogP contribution < -0.4 is 11.1 Å². The fourth-order valence-corrected chi connectivity index (χ4v) is 1.59. The van der Waals surface area contributed by atoms with Gasteiger partial charge in [0.15, 0.2) is 0 Å². The van der Waals surface area contributed by atoms with E-state index in [4.69, 9.17) is 5.73 Å². The Morgan fingerprint density at radius 3 is 2.31 bits per heavy atom. The van der Waals surface area contributed by atoms with Crippen LogP contribution in [0.15, 0.2) is 0 Å². The van der Waals surface area contributed by atoms with Crippen molar-refractivity contribution in [2.24, 2.45) is 5.73 Å². The van der Waals surface area contributed by atoms with Crippen LogP contribution in [0.1, 0.15) is 39.0 Å². The standard InChI is InChI=1S/C10H17F3N2O/c1-9(8(14)16,15-7-3-4-7)5-2-6-10(11,12)13/h7,15H,2-6H2,1H3,(H2,14,16). The minimum absolute atomic E-state index is 0.0807. The first-order valence-corrected chi connectivity index (χ1v) is 5.37. The van der Waals surface area contributed by atoms with Gasteiger partial charge in [-0.1, -0.05) is 0 Å². The van der Waals surface area contributed by atoms with Crippen LogP contribution in [0.25, 0.3) is 0 Å². The molecule has 1 amide bonds. The minimum Gasteiger partial charge on any atom is -0.368 e. The van der Waals surface area contributed by atoms with E-state index in [0.717, 1.165) is 12.8 Å². The summed E-state index contributed by atoms with van der Waals surface area (Å²) in [4.78, 5) is 11.2. The summed E-state index contributed by atoms with van der Waals surface area (Å²) < 4.78 is 35.9. The Morgan fingerprint density at radius 1 is 1.38 bits per heavy atom. The average molecular weight is 238 g/mol. The third kappa shape index (κ3) is 4.38. The molecular formula is C10H17F3N2O. The number of hydrogen-bond donors (Lipinski definition) is 2. The normalized spacial score (nSPS) is 20.5. The Balaban J connectivity index is 2.41. The van der Waals surface area contributed by atoms with Gasteiger partial charge in [-0.3, -0.25) is 4.79 Å². The van der Waals surface area contributed by atoms with Crippen LogP contribution in [0.4, 0.5) is 13.2 Å². The molecule has 6 heteroatoms. The van der Waals surface area contributed by atoms with E-state index in [1.165, 1.54) is 0 Å². The molecule has 1 fully saturated rings. The summed E-state index contributed by atoms with van der Waals surface area (Å²) in [5, 5.41) is 3.01. The highest BCUT2D eigenvalue weighted by Gasteiger charge is 2.37. The van der Waals surface area contributed by atoms with E-state index in [-0.39, 0.29) is 18.9 Å². The highest BCUT2D eigenvalue weighted by Crippen LogP contribution is 2.28. The van der Waals surface area contributed by atoms with E-state index in [1.807, 2.05) is 0 Å². The second-order valence-electron chi connectivity index (χ2n) is 4.58. The summed E-state index contributed by atoms with van der Waals surface area (Å²) in [5.41, 5.74) is 4.21. The first-order valence-electron chi connectivity index (χ1n) is 5.37. The molecule has 3 N–H and O–H groups in total. The second-order valence-corrected chi connectivity index (χ2v) is 4.58. The van der Waals surface area contributed by atoms with Crippen molar-refractivity contribution >= 4 is 5.91 Å². The predicted molar refractivity (Wildman–Crippen MR) is 53.7 cm³/mol. The molecule has 1 rings (SSSR count). The number of carbonyl (C=O) groups excluding carboxylic acids is 1. The summed E-state index contributed by atoms with van der Waals surface area (Å²) in [5.74, 6) is -0.582. The number of alkyl halides is 3. The van der Waals surface area contributed by atoms with Gasteiger partial charge < -0.3 is 11.1 Å². The van der Waals surface area contributed by atoms with Crippen LogP contribution in [0.5, 0.6) is 0 Å². The van der Waals surface area contributed by atoms with Gasteiger partial charge in [0.05, 0.1) is 5.54 Å². The maximum absolute atomic E-state index is 12.0. The molecule has 0 spiro atoms. The van der Waals surface area contributed by atoms with E-state index in [0.29, 0.717) is 0 Å². The van der Waals surface area contributed by atoms with Crippen LogP contribution >= 0.6 is 0 Å². The lowest BCUT2D eigenvalue weighted by Gasteiger charge is -2.27. The Bertz CT molecular complexity index is 263. The lowest BCUT2D eigenvalue weighted by Crippen LogP contribution is -2.54. The van der Waals surface area contributed by atoms with Crippen molar-refractivity contribution in [2.45, 2.75) is 56.8 Å². The molecule has 0 saturated heterocycles. The average Bonchev–Trinajstić information content (AvgIpc) is 2.85. The Morgan fingerprint density at radius 2 is 1.94 bits per heavy atom. The van der Waals surface area contributed by atoms with E-state index < -0.39 is 24.0 Å². The van der Waals surface area contributed by atoms with Crippen LogP contribution in [0.2, 0.25) is 0 Å². The topological polar surface area (TPSA) is 55.1 Å². The maximum atomic E-state index is 12.0. The molecule has 0 aromatic rings. The molecule has 16 heavy (non-hydrogen) atoms. The summed E-state index contributed by atoms with van der Waals surface area (Å²) in [6, 6.07) is 0.239. The summed E-state index contributed by atoms with van der Waals surface area (Å²) in [7, 11) is 0. The number of primary amides is 1. The smallest absolute Gasteiger partial charge is 0.368 e. The predicted octanol–water partition coefficient (Wildman–Crippen LogP) is 1.71. The molecule has 94 valence electrons. The molecule has 0 heterocycles. The van der Waals surface area contributed by atoms with Crippen molar-refractivity contribution in [3.05, 3.63) is 0 Å². The van der Waals surface area contributed by atoms with Gasteiger partial charge >= 0.3 is 6.18 Å². The molecule has 1 saturated carbocycles. The molecule has 0 bridgehead atoms. The van der Waals surface area contributed by atoms with Gasteiger partial charge in [-0.15, -0.1) is 0 Å². The quantitative estimate of drug-likeness (QED) is 0.740. The molecule has 0 radical (unpaired) electrons. The van der Waals surface area contributed by atoms with Gasteiger partial charge in [0.25, 0.3) is 0 Å². The number of nitrogens with two attached hydrogens (primary N) is 1. The van der Waals surface area contributed by atoms with Crippen molar-refractivity contribution in [3.8, 4) is 0 Å². The van der Waals surface area contributed by atoms with Crippen molar-refractivity contribution < 1.29 is 18.0 Å². The molecule has 1 unspecified atom stereocenters. The summed E-state index contributed by atoms with van der Waals surface area (Å²) in [6.45, 7) is 1.57. The number of amides is 1. The Labute approximate surface area is 92.6 Å². The number of rotatable bonds is 6. The van der Waals surface area contributed by atoms with Crippen molar-refractivity contribution in [3.63, 3.8) is 0 Å². The fraction of sp³-hybridized carbons (Fsp3) is 0.900. The van der Waals surface area contributed by atoms with Gasteiger partial charge in [0.1, 0.15) is 0 Å². The maximum Gasteiger partial charge on any atom is 0.389 e. The monoisotopic (exact) mass is 238 g/mol. The molecule has 0 aliphatic heterocycles. The van der Waals surface area contributed by atoms with Crippen LogP contribution in [0, 0.1) is 0 Å². The zero-order valence-corrected chi connectivity index (χ0v) is 9.23. The fourth-order valence-electron chi connectivity index (χ4n) is 1.59. The zero-order valence-electron chi connectivity index (χ0n) is 9.23. The molecule has 0 aromatic carbocycles. The van der Waals surface area contributed by atoms with Crippen LogP contribution in [-0.2, 0) is 4.79 Å². The van der Waals surface area contributed by atoms with Crippen molar-refractivity contribution in [1.29, 1.82) is 0 Å². The lowest BCUT2D eigenvalue weighted by molar-refractivity contribution is -0.138. The van der Waals surface area contributed by atoms with Crippen LogP contribution in [-0.4, -0.2) is 23.7 Å². The number of halogens is 3. The number of nitrogens with one attached hydrogen (secondary N) is 1. The summed E-state index contributed by atoms with van der Waals surface area (Å²) in [6.07, 6.45) is -3.08.